The fourth-order valence-corrected chi connectivity index (χ4v) is 1.89. The van der Waals surface area contributed by atoms with Crippen LogP contribution in [0.3, 0.4) is 0 Å². The van der Waals surface area contributed by atoms with Gasteiger partial charge in [-0.15, -0.1) is 0 Å². The van der Waals surface area contributed by atoms with Crippen molar-refractivity contribution in [2.24, 2.45) is 0 Å². The molecule has 1 aromatic carbocycles. The molecule has 3 N–H and O–H groups in total. The van der Waals surface area contributed by atoms with Gasteiger partial charge in [0.15, 0.2) is 18.1 Å². The molecule has 0 saturated carbocycles. The maximum Gasteiger partial charge on any atom is 0.325 e. The molecule has 0 aromatic heterocycles. The van der Waals surface area contributed by atoms with Crippen LogP contribution in [0, 0.1) is 0 Å². The molecule has 0 heterocycles. The van der Waals surface area contributed by atoms with Gasteiger partial charge in [0.2, 0.25) is 5.75 Å². The molecule has 4 amide bonds. The van der Waals surface area contributed by atoms with E-state index in [4.69, 9.17) is 14.2 Å². The van der Waals surface area contributed by atoms with Crippen molar-refractivity contribution in [2.75, 3.05) is 41.5 Å². The Labute approximate surface area is 155 Å². The molecule has 11 heteroatoms. The molecule has 148 valence electrons. The van der Waals surface area contributed by atoms with Gasteiger partial charge in [-0.05, 0) is 12.1 Å². The SMILES string of the molecule is CNC(=O)NC(=O)COC(=O)CNC(=O)c1cc(OC)c(OC)c(OC)c1. The van der Waals surface area contributed by atoms with Crippen molar-refractivity contribution >= 4 is 23.8 Å². The molecule has 27 heavy (non-hydrogen) atoms. The first-order chi connectivity index (χ1) is 12.9. The Morgan fingerprint density at radius 3 is 2.04 bits per heavy atom. The average Bonchev–Trinajstić information content (AvgIpc) is 2.68. The summed E-state index contributed by atoms with van der Waals surface area (Å²) < 4.78 is 20.1. The first-order valence-electron chi connectivity index (χ1n) is 7.61. The summed E-state index contributed by atoms with van der Waals surface area (Å²) in [4.78, 5) is 46.0. The molecular formula is C16H21N3O8. The zero-order chi connectivity index (χ0) is 20.4. The number of carbonyl (C=O) groups excluding carboxylic acids is 4. The molecule has 0 fully saturated rings. The normalized spacial score (nSPS) is 9.63. The van der Waals surface area contributed by atoms with E-state index < -0.39 is 37.0 Å². The molecule has 0 aliphatic rings. The third kappa shape index (κ3) is 6.38. The van der Waals surface area contributed by atoms with Crippen LogP contribution in [0.2, 0.25) is 0 Å². The van der Waals surface area contributed by atoms with Crippen LogP contribution >= 0.6 is 0 Å². The van der Waals surface area contributed by atoms with E-state index in [1.807, 2.05) is 5.32 Å². The number of benzene rings is 1. The van der Waals surface area contributed by atoms with Gasteiger partial charge in [-0.2, -0.15) is 0 Å². The maximum absolute atomic E-state index is 12.2. The van der Waals surface area contributed by atoms with E-state index in [1.165, 1.54) is 40.5 Å². The van der Waals surface area contributed by atoms with E-state index in [0.717, 1.165) is 0 Å². The third-order valence-electron chi connectivity index (χ3n) is 3.16. The lowest BCUT2D eigenvalue weighted by atomic mass is 10.1. The topological polar surface area (TPSA) is 141 Å². The molecule has 0 radical (unpaired) electrons. The Hall–Kier alpha value is -3.50. The van der Waals surface area contributed by atoms with Crippen molar-refractivity contribution in [1.82, 2.24) is 16.0 Å². The largest absolute Gasteiger partial charge is 0.493 e. The highest BCUT2D eigenvalue weighted by Gasteiger charge is 2.18. The Morgan fingerprint density at radius 1 is 0.963 bits per heavy atom. The number of nitrogens with one attached hydrogen (secondary N) is 3. The molecule has 1 aromatic rings. The highest BCUT2D eigenvalue weighted by Crippen LogP contribution is 2.38. The molecule has 0 saturated heterocycles. The maximum atomic E-state index is 12.2. The van der Waals surface area contributed by atoms with Crippen LogP contribution in [0.25, 0.3) is 0 Å². The number of amides is 4. The van der Waals surface area contributed by atoms with Crippen LogP contribution in [0.5, 0.6) is 17.2 Å². The quantitative estimate of drug-likeness (QED) is 0.507. The summed E-state index contributed by atoms with van der Waals surface area (Å²) >= 11 is 0. The Balaban J connectivity index is 2.63. The summed E-state index contributed by atoms with van der Waals surface area (Å²) in [5.74, 6) is -1.40. The van der Waals surface area contributed by atoms with E-state index >= 15 is 0 Å². The molecule has 0 atom stereocenters. The molecular weight excluding hydrogens is 362 g/mol. The zero-order valence-electron chi connectivity index (χ0n) is 15.3. The zero-order valence-corrected chi connectivity index (χ0v) is 15.3. The molecule has 11 nitrogen and oxygen atoms in total. The summed E-state index contributed by atoms with van der Waals surface area (Å²) in [6.07, 6.45) is 0. The van der Waals surface area contributed by atoms with E-state index in [1.54, 1.807) is 0 Å². The number of carbonyl (C=O) groups is 4. The second-order valence-electron chi connectivity index (χ2n) is 4.88. The first kappa shape index (κ1) is 21.5. The second kappa shape index (κ2) is 10.5. The van der Waals surface area contributed by atoms with Gasteiger partial charge in [0.05, 0.1) is 21.3 Å². The lowest BCUT2D eigenvalue weighted by molar-refractivity contribution is -0.147. The summed E-state index contributed by atoms with van der Waals surface area (Å²) in [5, 5.41) is 6.43. The van der Waals surface area contributed by atoms with Crippen molar-refractivity contribution < 1.29 is 38.1 Å². The fourth-order valence-electron chi connectivity index (χ4n) is 1.89. The Morgan fingerprint density at radius 2 is 1.56 bits per heavy atom. The van der Waals surface area contributed by atoms with Crippen molar-refractivity contribution in [1.29, 1.82) is 0 Å². The molecule has 1 rings (SSSR count). The minimum atomic E-state index is -0.858. The number of imide groups is 1. The van der Waals surface area contributed by atoms with Crippen LogP contribution in [0.4, 0.5) is 4.79 Å². The lowest BCUT2D eigenvalue weighted by Gasteiger charge is -2.14. The van der Waals surface area contributed by atoms with Gasteiger partial charge in [-0.3, -0.25) is 19.7 Å². The first-order valence-corrected chi connectivity index (χ1v) is 7.61. The molecule has 0 aliphatic carbocycles. The number of rotatable bonds is 8. The number of ether oxygens (including phenoxy) is 4. The smallest absolute Gasteiger partial charge is 0.325 e. The van der Waals surface area contributed by atoms with Gasteiger partial charge in [-0.1, -0.05) is 0 Å². The van der Waals surface area contributed by atoms with E-state index in [-0.39, 0.29) is 17.1 Å². The number of hydrogen-bond donors (Lipinski definition) is 3. The van der Waals surface area contributed by atoms with Crippen molar-refractivity contribution in [3.63, 3.8) is 0 Å². The van der Waals surface area contributed by atoms with Gasteiger partial charge in [0, 0.05) is 12.6 Å². The van der Waals surface area contributed by atoms with Gasteiger partial charge in [0.1, 0.15) is 6.54 Å². The monoisotopic (exact) mass is 383 g/mol. The van der Waals surface area contributed by atoms with Crippen molar-refractivity contribution in [3.05, 3.63) is 17.7 Å². The second-order valence-corrected chi connectivity index (χ2v) is 4.88. The van der Waals surface area contributed by atoms with Gasteiger partial charge in [0.25, 0.3) is 11.8 Å². The predicted molar refractivity (Wildman–Crippen MR) is 92.0 cm³/mol. The predicted octanol–water partition coefficient (Wildman–Crippen LogP) is -0.559. The molecule has 0 aliphatic heterocycles. The summed E-state index contributed by atoms with van der Waals surface area (Å²) in [5.41, 5.74) is 0.162. The number of hydrogen-bond acceptors (Lipinski definition) is 8. The Kier molecular flexibility index (Phi) is 8.36. The van der Waals surface area contributed by atoms with Gasteiger partial charge < -0.3 is 29.6 Å². The fraction of sp³-hybridized carbons (Fsp3) is 0.375. The van der Waals surface area contributed by atoms with Crippen LogP contribution in [-0.4, -0.2) is 65.3 Å². The Bertz CT molecular complexity index is 695. The highest BCUT2D eigenvalue weighted by atomic mass is 16.5. The van der Waals surface area contributed by atoms with Gasteiger partial charge >= 0.3 is 12.0 Å². The molecule has 0 unspecified atom stereocenters. The lowest BCUT2D eigenvalue weighted by Crippen LogP contribution is -2.40. The van der Waals surface area contributed by atoms with E-state index in [2.05, 4.69) is 15.4 Å². The van der Waals surface area contributed by atoms with Crippen LogP contribution in [0.1, 0.15) is 10.4 Å². The average molecular weight is 383 g/mol. The van der Waals surface area contributed by atoms with Crippen LogP contribution < -0.4 is 30.2 Å². The third-order valence-corrected chi connectivity index (χ3v) is 3.16. The molecule has 0 bridgehead atoms. The van der Waals surface area contributed by atoms with Crippen LogP contribution in [-0.2, 0) is 14.3 Å². The standard InChI is InChI=1S/C16H21N3O8/c1-17-16(23)19-12(20)8-27-13(21)7-18-15(22)9-5-10(24-2)14(26-4)11(6-9)25-3/h5-6H,7-8H2,1-4H3,(H,18,22)(H2,17,19,20,23). The minimum absolute atomic E-state index is 0.162. The van der Waals surface area contributed by atoms with Crippen LogP contribution in [0.15, 0.2) is 12.1 Å². The highest BCUT2D eigenvalue weighted by molar-refractivity contribution is 5.98. The van der Waals surface area contributed by atoms with Crippen molar-refractivity contribution in [2.45, 2.75) is 0 Å². The number of urea groups is 1. The molecule has 0 spiro atoms. The summed E-state index contributed by atoms with van der Waals surface area (Å²) in [6, 6.07) is 2.10. The minimum Gasteiger partial charge on any atom is -0.493 e. The van der Waals surface area contributed by atoms with E-state index in [9.17, 15) is 19.2 Å². The van der Waals surface area contributed by atoms with Crippen molar-refractivity contribution in [3.8, 4) is 17.2 Å². The van der Waals surface area contributed by atoms with Gasteiger partial charge in [-0.25, -0.2) is 4.79 Å². The summed E-state index contributed by atoms with van der Waals surface area (Å²) in [7, 11) is 5.56. The number of esters is 1. The summed E-state index contributed by atoms with van der Waals surface area (Å²) in [6.45, 7) is -1.14. The number of methoxy groups -OCH3 is 3. The van der Waals surface area contributed by atoms with E-state index in [0.29, 0.717) is 5.75 Å².